The predicted octanol–water partition coefficient (Wildman–Crippen LogP) is 4.95. The van der Waals surface area contributed by atoms with E-state index in [0.717, 1.165) is 36.0 Å². The van der Waals surface area contributed by atoms with Gasteiger partial charge in [-0.1, -0.05) is 85.5 Å². The fraction of sp³-hybridized carbons (Fsp3) is 0.226. The molecule has 1 aliphatic rings. The van der Waals surface area contributed by atoms with E-state index in [-0.39, 0.29) is 24.3 Å². The minimum absolute atomic E-state index is 0.0176. The number of nitriles is 1. The molecule has 0 saturated heterocycles. The van der Waals surface area contributed by atoms with E-state index in [1.54, 1.807) is 30.3 Å². The lowest BCUT2D eigenvalue weighted by atomic mass is 9.87. The zero-order valence-corrected chi connectivity index (χ0v) is 20.6. The number of Topliss-reactive ketones (excluding diaryl/α,β-unsaturated/α-hetero) is 1. The molecule has 0 aliphatic heterocycles. The summed E-state index contributed by atoms with van der Waals surface area (Å²) in [6.45, 7) is 3.62. The molecule has 37 heavy (non-hydrogen) atoms. The van der Waals surface area contributed by atoms with Crippen molar-refractivity contribution < 1.29 is 14.4 Å². The number of ketones is 1. The van der Waals surface area contributed by atoms with E-state index in [1.165, 1.54) is 5.56 Å². The highest BCUT2D eigenvalue weighted by molar-refractivity contribution is 6.35. The largest absolute Gasteiger partial charge is 0.344 e. The Morgan fingerprint density at radius 3 is 2.14 bits per heavy atom. The van der Waals surface area contributed by atoms with Crippen molar-refractivity contribution in [1.29, 1.82) is 5.26 Å². The molecule has 3 aromatic carbocycles. The maximum Gasteiger partial charge on any atom is 0.310 e. The number of hydrogen-bond donors (Lipinski definition) is 2. The van der Waals surface area contributed by atoms with E-state index >= 15 is 0 Å². The van der Waals surface area contributed by atoms with Crippen LogP contribution >= 0.6 is 0 Å². The molecule has 0 aromatic heterocycles. The van der Waals surface area contributed by atoms with Gasteiger partial charge in [-0.2, -0.15) is 5.26 Å². The van der Waals surface area contributed by atoms with Crippen molar-refractivity contribution in [3.63, 3.8) is 0 Å². The zero-order chi connectivity index (χ0) is 26.3. The first-order valence-corrected chi connectivity index (χ1v) is 12.3. The van der Waals surface area contributed by atoms with Crippen molar-refractivity contribution in [2.45, 2.75) is 37.6 Å². The first-order valence-electron chi connectivity index (χ1n) is 12.3. The summed E-state index contributed by atoms with van der Waals surface area (Å²) in [5, 5.41) is 13.2. The Morgan fingerprint density at radius 1 is 0.892 bits per heavy atom. The van der Waals surface area contributed by atoms with Gasteiger partial charge >= 0.3 is 11.8 Å². The molecule has 6 heteroatoms. The van der Waals surface area contributed by atoms with Gasteiger partial charge in [-0.3, -0.25) is 14.4 Å². The number of benzene rings is 3. The summed E-state index contributed by atoms with van der Waals surface area (Å²) >= 11 is 0. The number of carbonyl (C=O) groups is 3. The molecule has 0 radical (unpaired) electrons. The summed E-state index contributed by atoms with van der Waals surface area (Å²) in [4.78, 5) is 36.8. The molecule has 1 fully saturated rings. The molecule has 2 amide bonds. The van der Waals surface area contributed by atoms with Crippen LogP contribution in [-0.4, -0.2) is 24.1 Å². The lowest BCUT2D eigenvalue weighted by Gasteiger charge is -2.17. The van der Waals surface area contributed by atoms with Crippen molar-refractivity contribution in [1.82, 2.24) is 10.6 Å². The van der Waals surface area contributed by atoms with Gasteiger partial charge in [-0.15, -0.1) is 0 Å². The molecule has 186 valence electrons. The van der Waals surface area contributed by atoms with E-state index in [0.29, 0.717) is 17.5 Å². The van der Waals surface area contributed by atoms with Crippen LogP contribution in [-0.2, 0) is 21.5 Å². The summed E-state index contributed by atoms with van der Waals surface area (Å²) in [6, 6.07) is 25.8. The fourth-order valence-corrected chi connectivity index (χ4v) is 4.55. The minimum Gasteiger partial charge on any atom is -0.344 e. The number of nitrogens with one attached hydrogen (secondary N) is 2. The molecule has 0 atom stereocenters. The summed E-state index contributed by atoms with van der Waals surface area (Å²) in [7, 11) is 0. The van der Waals surface area contributed by atoms with Gasteiger partial charge in [-0.05, 0) is 52.5 Å². The van der Waals surface area contributed by atoms with Crippen LogP contribution in [0.4, 0.5) is 0 Å². The number of nitrogens with zero attached hydrogens (tertiary/aromatic N) is 1. The maximum absolute atomic E-state index is 13.1. The summed E-state index contributed by atoms with van der Waals surface area (Å²) in [6.07, 6.45) is 5.11. The molecule has 0 spiro atoms. The van der Waals surface area contributed by atoms with Gasteiger partial charge in [0.15, 0.2) is 5.78 Å². The summed E-state index contributed by atoms with van der Waals surface area (Å²) < 4.78 is 0. The van der Waals surface area contributed by atoms with Crippen molar-refractivity contribution in [3.05, 3.63) is 102 Å². The van der Waals surface area contributed by atoms with Crippen molar-refractivity contribution in [3.8, 4) is 17.2 Å². The van der Waals surface area contributed by atoms with Crippen LogP contribution in [0.1, 0.15) is 52.7 Å². The second-order valence-corrected chi connectivity index (χ2v) is 9.29. The Hall–Kier alpha value is -4.50. The number of amides is 2. The van der Waals surface area contributed by atoms with Crippen LogP contribution in [0, 0.1) is 11.3 Å². The highest BCUT2D eigenvalue weighted by Gasteiger charge is 2.44. The molecule has 1 aliphatic carbocycles. The van der Waals surface area contributed by atoms with Crippen molar-refractivity contribution >= 4 is 23.7 Å². The molecule has 4 rings (SSSR count). The minimum atomic E-state index is -0.874. The van der Waals surface area contributed by atoms with Crippen LogP contribution in [0.3, 0.4) is 0 Å². The van der Waals surface area contributed by atoms with Crippen molar-refractivity contribution in [2.75, 3.05) is 6.54 Å². The average molecular weight is 492 g/mol. The van der Waals surface area contributed by atoms with E-state index in [9.17, 15) is 14.4 Å². The van der Waals surface area contributed by atoms with Gasteiger partial charge in [0.2, 0.25) is 0 Å². The molecular formula is C31H29N3O3. The normalized spacial score (nSPS) is 13.2. The molecule has 0 heterocycles. The monoisotopic (exact) mass is 491 g/mol. The maximum atomic E-state index is 13.1. The van der Waals surface area contributed by atoms with Gasteiger partial charge in [0, 0.05) is 18.5 Å². The van der Waals surface area contributed by atoms with E-state index < -0.39 is 11.8 Å². The van der Waals surface area contributed by atoms with Gasteiger partial charge < -0.3 is 10.6 Å². The highest BCUT2D eigenvalue weighted by Crippen LogP contribution is 2.52. The molecule has 0 unspecified atom stereocenters. The zero-order valence-electron chi connectivity index (χ0n) is 20.6. The van der Waals surface area contributed by atoms with E-state index in [1.807, 2.05) is 6.08 Å². The van der Waals surface area contributed by atoms with Crippen LogP contribution in [0.15, 0.2) is 79.4 Å². The Bertz CT molecular complexity index is 1350. The third-order valence-corrected chi connectivity index (χ3v) is 6.95. The molecule has 6 nitrogen and oxygen atoms in total. The van der Waals surface area contributed by atoms with E-state index in [2.05, 4.69) is 65.7 Å². The molecule has 2 N–H and O–H groups in total. The SMILES string of the molecule is C=Cc1ccc(-c2ccc(C3(CCC(=O)c4ccccc4CNC(=O)C(=O)NCC#N)CC3)cc2)cc1. The van der Waals surface area contributed by atoms with Gasteiger partial charge in [0.1, 0.15) is 6.54 Å². The summed E-state index contributed by atoms with van der Waals surface area (Å²) in [5.41, 5.74) is 5.90. The van der Waals surface area contributed by atoms with E-state index in [4.69, 9.17) is 5.26 Å². The molecule has 3 aromatic rings. The number of carbonyl (C=O) groups excluding carboxylic acids is 3. The Morgan fingerprint density at radius 2 is 1.51 bits per heavy atom. The van der Waals surface area contributed by atoms with Gasteiger partial charge in [0.25, 0.3) is 0 Å². The quantitative estimate of drug-likeness (QED) is 0.238. The molecule has 1 saturated carbocycles. The lowest BCUT2D eigenvalue weighted by Crippen LogP contribution is -2.39. The molecule has 0 bridgehead atoms. The predicted molar refractivity (Wildman–Crippen MR) is 143 cm³/mol. The smallest absolute Gasteiger partial charge is 0.310 e. The first kappa shape index (κ1) is 25.6. The first-order chi connectivity index (χ1) is 18.0. The third-order valence-electron chi connectivity index (χ3n) is 6.95. The second kappa shape index (κ2) is 11.5. The van der Waals surface area contributed by atoms with Crippen LogP contribution in [0.2, 0.25) is 0 Å². The Balaban J connectivity index is 1.37. The Labute approximate surface area is 217 Å². The Kier molecular flexibility index (Phi) is 7.95. The van der Waals surface area contributed by atoms with Crippen LogP contribution < -0.4 is 10.6 Å². The van der Waals surface area contributed by atoms with Crippen LogP contribution in [0.5, 0.6) is 0 Å². The van der Waals surface area contributed by atoms with Crippen LogP contribution in [0.25, 0.3) is 17.2 Å². The summed E-state index contributed by atoms with van der Waals surface area (Å²) in [5.74, 6) is -1.70. The standard InChI is InChI=1S/C31H29N3O3/c1-2-22-7-9-23(10-8-22)24-11-13-26(14-12-24)31(17-18-31)16-15-28(35)27-6-4-3-5-25(27)21-34-30(37)29(36)33-20-19-32/h2-14H,1,15-18,20-21H2,(H,33,36)(H,34,37). The van der Waals surface area contributed by atoms with Gasteiger partial charge in [-0.25, -0.2) is 0 Å². The number of hydrogen-bond acceptors (Lipinski definition) is 4. The fourth-order valence-electron chi connectivity index (χ4n) is 4.55. The number of rotatable bonds is 10. The molecular weight excluding hydrogens is 462 g/mol. The second-order valence-electron chi connectivity index (χ2n) is 9.29. The topological polar surface area (TPSA) is 99.1 Å². The average Bonchev–Trinajstić information content (AvgIpc) is 3.74. The highest BCUT2D eigenvalue weighted by atomic mass is 16.2. The third kappa shape index (κ3) is 6.20. The van der Waals surface area contributed by atoms with Crippen molar-refractivity contribution in [2.24, 2.45) is 0 Å². The van der Waals surface area contributed by atoms with Gasteiger partial charge in [0.05, 0.1) is 6.07 Å². The lowest BCUT2D eigenvalue weighted by molar-refractivity contribution is -0.139.